The summed E-state index contributed by atoms with van der Waals surface area (Å²) in [6, 6.07) is 14.3. The van der Waals surface area contributed by atoms with E-state index in [-0.39, 0.29) is 12.5 Å². The van der Waals surface area contributed by atoms with E-state index >= 15 is 0 Å². The SMILES string of the molecule is C=CCOc1cccc(C=NNC(=O)COc2ccccc2Cl)c1. The lowest BCUT2D eigenvalue weighted by molar-refractivity contribution is -0.123. The number of nitrogens with one attached hydrogen (secondary N) is 1. The van der Waals surface area contributed by atoms with Gasteiger partial charge in [-0.1, -0.05) is 48.5 Å². The van der Waals surface area contributed by atoms with Gasteiger partial charge < -0.3 is 9.47 Å². The molecule has 0 fully saturated rings. The number of ether oxygens (including phenoxy) is 2. The van der Waals surface area contributed by atoms with Gasteiger partial charge in [-0.2, -0.15) is 5.10 Å². The van der Waals surface area contributed by atoms with E-state index in [1.54, 1.807) is 36.4 Å². The molecular formula is C18H17ClN2O3. The Kier molecular flexibility index (Phi) is 6.86. The molecule has 0 aliphatic heterocycles. The Hall–Kier alpha value is -2.79. The Bertz CT molecular complexity index is 732. The van der Waals surface area contributed by atoms with E-state index in [2.05, 4.69) is 17.1 Å². The van der Waals surface area contributed by atoms with Crippen LogP contribution in [0.1, 0.15) is 5.56 Å². The molecule has 0 saturated heterocycles. The van der Waals surface area contributed by atoms with E-state index in [4.69, 9.17) is 21.1 Å². The summed E-state index contributed by atoms with van der Waals surface area (Å²) in [4.78, 5) is 11.7. The lowest BCUT2D eigenvalue weighted by atomic mass is 10.2. The molecule has 1 amide bonds. The van der Waals surface area contributed by atoms with Crippen molar-refractivity contribution in [2.45, 2.75) is 0 Å². The summed E-state index contributed by atoms with van der Waals surface area (Å²) in [7, 11) is 0. The van der Waals surface area contributed by atoms with Crippen molar-refractivity contribution in [3.05, 3.63) is 71.8 Å². The van der Waals surface area contributed by atoms with Crippen LogP contribution in [-0.2, 0) is 4.79 Å². The number of hydrazone groups is 1. The summed E-state index contributed by atoms with van der Waals surface area (Å²) >= 11 is 5.94. The van der Waals surface area contributed by atoms with Crippen LogP contribution in [0.25, 0.3) is 0 Å². The van der Waals surface area contributed by atoms with Crippen LogP contribution in [0.3, 0.4) is 0 Å². The lowest BCUT2D eigenvalue weighted by Crippen LogP contribution is -2.24. The van der Waals surface area contributed by atoms with Crippen LogP contribution in [0.4, 0.5) is 0 Å². The third-order valence-electron chi connectivity index (χ3n) is 2.82. The second kappa shape index (κ2) is 9.37. The maximum absolute atomic E-state index is 11.7. The predicted molar refractivity (Wildman–Crippen MR) is 94.8 cm³/mol. The first kappa shape index (κ1) is 17.6. The van der Waals surface area contributed by atoms with Crippen LogP contribution in [0.5, 0.6) is 11.5 Å². The van der Waals surface area contributed by atoms with Crippen molar-refractivity contribution in [3.63, 3.8) is 0 Å². The minimum atomic E-state index is -0.384. The fourth-order valence-corrected chi connectivity index (χ4v) is 1.95. The van der Waals surface area contributed by atoms with Gasteiger partial charge in [0.15, 0.2) is 6.61 Å². The van der Waals surface area contributed by atoms with Gasteiger partial charge in [-0.25, -0.2) is 5.43 Å². The zero-order valence-corrected chi connectivity index (χ0v) is 13.7. The highest BCUT2D eigenvalue weighted by atomic mass is 35.5. The van der Waals surface area contributed by atoms with Crippen LogP contribution in [0.15, 0.2) is 66.3 Å². The van der Waals surface area contributed by atoms with Crippen molar-refractivity contribution >= 4 is 23.7 Å². The number of hydrogen-bond acceptors (Lipinski definition) is 4. The zero-order chi connectivity index (χ0) is 17.2. The van der Waals surface area contributed by atoms with Crippen LogP contribution in [0, 0.1) is 0 Å². The number of para-hydroxylation sites is 1. The second-order valence-electron chi connectivity index (χ2n) is 4.68. The number of hydrogen-bond donors (Lipinski definition) is 1. The molecule has 6 heteroatoms. The van der Waals surface area contributed by atoms with Crippen molar-refractivity contribution in [2.24, 2.45) is 5.10 Å². The molecule has 124 valence electrons. The molecule has 2 aromatic rings. The fraction of sp³-hybridized carbons (Fsp3) is 0.111. The van der Waals surface area contributed by atoms with E-state index < -0.39 is 0 Å². The first-order chi connectivity index (χ1) is 11.7. The molecule has 2 rings (SSSR count). The van der Waals surface area contributed by atoms with Gasteiger partial charge in [0.05, 0.1) is 11.2 Å². The van der Waals surface area contributed by atoms with Gasteiger partial charge in [0, 0.05) is 0 Å². The zero-order valence-electron chi connectivity index (χ0n) is 12.9. The Morgan fingerprint density at radius 3 is 2.83 bits per heavy atom. The van der Waals surface area contributed by atoms with Crippen molar-refractivity contribution < 1.29 is 14.3 Å². The highest BCUT2D eigenvalue weighted by Crippen LogP contribution is 2.22. The van der Waals surface area contributed by atoms with E-state index in [1.165, 1.54) is 6.21 Å². The lowest BCUT2D eigenvalue weighted by Gasteiger charge is -2.06. The normalized spacial score (nSPS) is 10.4. The fourth-order valence-electron chi connectivity index (χ4n) is 1.76. The molecule has 0 heterocycles. The minimum Gasteiger partial charge on any atom is -0.490 e. The molecule has 1 N–H and O–H groups in total. The van der Waals surface area contributed by atoms with Crippen LogP contribution < -0.4 is 14.9 Å². The van der Waals surface area contributed by atoms with E-state index in [1.807, 2.05) is 18.2 Å². The highest BCUT2D eigenvalue weighted by molar-refractivity contribution is 6.32. The highest BCUT2D eigenvalue weighted by Gasteiger charge is 2.04. The Balaban J connectivity index is 1.82. The number of rotatable bonds is 8. The summed E-state index contributed by atoms with van der Waals surface area (Å²) in [5.74, 6) is 0.767. The van der Waals surface area contributed by atoms with Crippen LogP contribution in [0.2, 0.25) is 5.02 Å². The summed E-state index contributed by atoms with van der Waals surface area (Å²) < 4.78 is 10.7. The molecule has 0 atom stereocenters. The average molecular weight is 345 g/mol. The van der Waals surface area contributed by atoms with Gasteiger partial charge in [0.25, 0.3) is 5.91 Å². The Morgan fingerprint density at radius 2 is 2.04 bits per heavy atom. The molecule has 0 aliphatic carbocycles. The van der Waals surface area contributed by atoms with Crippen molar-refractivity contribution in [2.75, 3.05) is 13.2 Å². The summed E-state index contributed by atoms with van der Waals surface area (Å²) in [6.45, 7) is 3.84. The van der Waals surface area contributed by atoms with Crippen LogP contribution >= 0.6 is 11.6 Å². The maximum atomic E-state index is 11.7. The molecule has 0 radical (unpaired) electrons. The third-order valence-corrected chi connectivity index (χ3v) is 3.14. The molecule has 24 heavy (non-hydrogen) atoms. The number of benzene rings is 2. The molecule has 0 saturated carbocycles. The quantitative estimate of drug-likeness (QED) is 0.453. The molecule has 5 nitrogen and oxygen atoms in total. The van der Waals surface area contributed by atoms with Crippen molar-refractivity contribution in [1.29, 1.82) is 0 Å². The molecule has 0 aromatic heterocycles. The molecule has 0 bridgehead atoms. The molecule has 0 unspecified atom stereocenters. The standard InChI is InChI=1S/C18H17ClN2O3/c1-2-10-23-15-7-5-6-14(11-15)12-20-21-18(22)13-24-17-9-4-3-8-16(17)19/h2-9,11-12H,1,10,13H2,(H,21,22). The van der Waals surface area contributed by atoms with Crippen LogP contribution in [-0.4, -0.2) is 25.3 Å². The first-order valence-corrected chi connectivity index (χ1v) is 7.60. The van der Waals surface area contributed by atoms with Gasteiger partial charge >= 0.3 is 0 Å². The van der Waals surface area contributed by atoms with Gasteiger partial charge in [-0.15, -0.1) is 0 Å². The number of carbonyl (C=O) groups excluding carboxylic acids is 1. The molecule has 0 aliphatic rings. The summed E-state index contributed by atoms with van der Waals surface area (Å²) in [5.41, 5.74) is 3.18. The maximum Gasteiger partial charge on any atom is 0.277 e. The largest absolute Gasteiger partial charge is 0.490 e. The molecule has 2 aromatic carbocycles. The van der Waals surface area contributed by atoms with Crippen molar-refractivity contribution in [1.82, 2.24) is 5.43 Å². The summed E-state index contributed by atoms with van der Waals surface area (Å²) in [5, 5.41) is 4.33. The third kappa shape index (κ3) is 5.78. The number of carbonyl (C=O) groups is 1. The second-order valence-corrected chi connectivity index (χ2v) is 5.09. The van der Waals surface area contributed by atoms with Crippen molar-refractivity contribution in [3.8, 4) is 11.5 Å². The Morgan fingerprint density at radius 1 is 1.21 bits per heavy atom. The first-order valence-electron chi connectivity index (χ1n) is 7.22. The monoisotopic (exact) mass is 344 g/mol. The number of halogens is 1. The summed E-state index contributed by atoms with van der Waals surface area (Å²) in [6.07, 6.45) is 3.19. The molecular weight excluding hydrogens is 328 g/mol. The smallest absolute Gasteiger partial charge is 0.277 e. The average Bonchev–Trinajstić information content (AvgIpc) is 2.60. The van der Waals surface area contributed by atoms with Gasteiger partial charge in [0.2, 0.25) is 0 Å². The predicted octanol–water partition coefficient (Wildman–Crippen LogP) is 3.43. The topological polar surface area (TPSA) is 59.9 Å². The van der Waals surface area contributed by atoms with E-state index in [9.17, 15) is 4.79 Å². The number of amides is 1. The van der Waals surface area contributed by atoms with Gasteiger partial charge in [-0.3, -0.25) is 4.79 Å². The Labute approximate surface area is 145 Å². The van der Waals surface area contributed by atoms with Gasteiger partial charge in [0.1, 0.15) is 18.1 Å². The number of nitrogens with zero attached hydrogens (tertiary/aromatic N) is 1. The van der Waals surface area contributed by atoms with E-state index in [0.29, 0.717) is 23.1 Å². The van der Waals surface area contributed by atoms with Gasteiger partial charge in [-0.05, 0) is 29.8 Å². The minimum absolute atomic E-state index is 0.177. The molecule has 0 spiro atoms. The van der Waals surface area contributed by atoms with E-state index in [0.717, 1.165) is 5.56 Å².